The second kappa shape index (κ2) is 12.0. The van der Waals surface area contributed by atoms with Gasteiger partial charge in [0.1, 0.15) is 5.75 Å². The quantitative estimate of drug-likeness (QED) is 0.171. The van der Waals surface area contributed by atoms with Crippen LogP contribution >= 0.6 is 22.6 Å². The molecule has 0 aliphatic heterocycles. The fourth-order valence-corrected chi connectivity index (χ4v) is 5.71. The van der Waals surface area contributed by atoms with E-state index >= 15 is 0 Å². The Balaban J connectivity index is 1.51. The third-order valence-electron chi connectivity index (χ3n) is 6.67. The molecular weight excluding hydrogens is 513 g/mol. The van der Waals surface area contributed by atoms with Gasteiger partial charge in [-0.05, 0) is 56.0 Å². The molecule has 0 radical (unpaired) electrons. The smallest absolute Gasteiger partial charge is 0.225 e. The van der Waals surface area contributed by atoms with Crippen LogP contribution in [0.2, 0.25) is 0 Å². The number of alkyl halides is 1. The van der Waals surface area contributed by atoms with Gasteiger partial charge in [-0.3, -0.25) is 9.69 Å². The van der Waals surface area contributed by atoms with Crippen molar-refractivity contribution in [3.05, 3.63) is 59.2 Å². The molecule has 6 heteroatoms. The summed E-state index contributed by atoms with van der Waals surface area (Å²) in [5.74, 6) is 1.04. The number of hydrogen-bond acceptors (Lipinski definition) is 4. The minimum atomic E-state index is 0.0378. The lowest BCUT2D eigenvalue weighted by atomic mass is 9.85. The van der Waals surface area contributed by atoms with Crippen molar-refractivity contribution in [3.63, 3.8) is 0 Å². The van der Waals surface area contributed by atoms with Gasteiger partial charge in [-0.15, -0.1) is 0 Å². The fraction of sp³-hybridized carbons (Fsp3) is 0.500. The Labute approximate surface area is 206 Å². The first kappa shape index (κ1) is 25.0. The van der Waals surface area contributed by atoms with Crippen LogP contribution in [0.15, 0.2) is 42.5 Å². The van der Waals surface area contributed by atoms with E-state index in [1.54, 1.807) is 7.11 Å². The minimum Gasteiger partial charge on any atom is -0.496 e. The first-order chi connectivity index (χ1) is 15.5. The van der Waals surface area contributed by atoms with E-state index in [1.165, 1.54) is 29.5 Å². The van der Waals surface area contributed by atoms with Crippen LogP contribution in [0.3, 0.4) is 0 Å². The summed E-state index contributed by atoms with van der Waals surface area (Å²) in [5, 5.41) is 6.47. The topological polar surface area (TPSA) is 53.6 Å². The van der Waals surface area contributed by atoms with E-state index in [0.29, 0.717) is 13.0 Å². The molecule has 1 amide bonds. The average Bonchev–Trinajstić information content (AvgIpc) is 3.29. The number of hydrogen-bond donors (Lipinski definition) is 2. The third kappa shape index (κ3) is 6.02. The molecule has 1 saturated carbocycles. The lowest BCUT2D eigenvalue weighted by Gasteiger charge is -2.41. The molecule has 0 heterocycles. The summed E-state index contributed by atoms with van der Waals surface area (Å²) < 4.78 is 6.68. The van der Waals surface area contributed by atoms with Gasteiger partial charge in [-0.25, -0.2) is 0 Å². The normalized spacial score (nSPS) is 15.2. The number of methoxy groups -OCH3 is 1. The summed E-state index contributed by atoms with van der Waals surface area (Å²) >= 11 is 2.48. The number of para-hydroxylation sites is 1. The highest BCUT2D eigenvalue weighted by atomic mass is 127. The molecule has 0 spiro atoms. The number of benzene rings is 2. The number of carbonyl (C=O) groups is 1. The second-order valence-corrected chi connectivity index (χ2v) is 9.35. The number of nitrogens with zero attached hydrogens (tertiary/aromatic N) is 1. The van der Waals surface area contributed by atoms with Crippen LogP contribution in [-0.4, -0.2) is 42.1 Å². The van der Waals surface area contributed by atoms with Crippen molar-refractivity contribution < 1.29 is 9.53 Å². The Morgan fingerprint density at radius 2 is 1.84 bits per heavy atom. The second-order valence-electron chi connectivity index (χ2n) is 8.67. The summed E-state index contributed by atoms with van der Waals surface area (Å²) in [4.78, 5) is 14.9. The molecule has 1 aliphatic rings. The average molecular weight is 549 g/mol. The standard InChI is InChI=1S/C26H36IN3O2/c1-20-10-11-22(18-21(20)2)29-25(31)12-15-28-16-17-30(19-27)26(13-6-7-14-26)23-8-4-5-9-24(23)32-3/h4-5,8-11,18,28H,6-7,12-17,19H2,1-3H3,(H,29,31). The van der Waals surface area contributed by atoms with Crippen LogP contribution in [0.1, 0.15) is 48.8 Å². The van der Waals surface area contributed by atoms with E-state index in [1.807, 2.05) is 24.3 Å². The molecule has 0 unspecified atom stereocenters. The van der Waals surface area contributed by atoms with Crippen molar-refractivity contribution in [2.75, 3.05) is 36.6 Å². The van der Waals surface area contributed by atoms with Gasteiger partial charge in [0.2, 0.25) is 5.91 Å². The maximum absolute atomic E-state index is 12.3. The Kier molecular flexibility index (Phi) is 9.37. The molecule has 0 saturated heterocycles. The fourth-order valence-electron chi connectivity index (χ4n) is 4.72. The Morgan fingerprint density at radius 1 is 1.09 bits per heavy atom. The zero-order chi connectivity index (χ0) is 23.0. The summed E-state index contributed by atoms with van der Waals surface area (Å²) in [6.45, 7) is 6.62. The SMILES string of the molecule is COc1ccccc1C1(N(CI)CCNCCC(=O)Nc2ccc(C)c(C)c2)CCCC1. The summed E-state index contributed by atoms with van der Waals surface area (Å²) in [6.07, 6.45) is 5.28. The highest BCUT2D eigenvalue weighted by Crippen LogP contribution is 2.47. The predicted molar refractivity (Wildman–Crippen MR) is 141 cm³/mol. The predicted octanol–water partition coefficient (Wildman–Crippen LogP) is 5.39. The Morgan fingerprint density at radius 3 is 2.53 bits per heavy atom. The number of ether oxygens (including phenoxy) is 1. The molecule has 174 valence electrons. The third-order valence-corrected chi connectivity index (χ3v) is 7.49. The van der Waals surface area contributed by atoms with E-state index in [-0.39, 0.29) is 11.4 Å². The number of halogens is 1. The lowest BCUT2D eigenvalue weighted by molar-refractivity contribution is -0.116. The molecule has 2 aromatic rings. The summed E-state index contributed by atoms with van der Waals surface area (Å²) in [7, 11) is 1.76. The van der Waals surface area contributed by atoms with Crippen LogP contribution < -0.4 is 15.4 Å². The van der Waals surface area contributed by atoms with E-state index in [0.717, 1.165) is 41.9 Å². The molecule has 3 rings (SSSR count). The first-order valence-corrected chi connectivity index (χ1v) is 13.0. The largest absolute Gasteiger partial charge is 0.496 e. The molecule has 0 atom stereocenters. The molecule has 1 aliphatic carbocycles. The number of amides is 1. The summed E-state index contributed by atoms with van der Waals surface area (Å²) in [5.41, 5.74) is 4.64. The molecule has 2 N–H and O–H groups in total. The van der Waals surface area contributed by atoms with E-state index in [9.17, 15) is 4.79 Å². The van der Waals surface area contributed by atoms with Gasteiger partial charge in [-0.2, -0.15) is 0 Å². The van der Waals surface area contributed by atoms with E-state index in [2.05, 4.69) is 70.2 Å². The van der Waals surface area contributed by atoms with E-state index in [4.69, 9.17) is 4.74 Å². The van der Waals surface area contributed by atoms with Crippen molar-refractivity contribution in [2.45, 2.75) is 51.5 Å². The van der Waals surface area contributed by atoms with Crippen LogP contribution in [0.4, 0.5) is 5.69 Å². The van der Waals surface area contributed by atoms with Crippen molar-refractivity contribution in [3.8, 4) is 5.75 Å². The Bertz CT molecular complexity index is 896. The van der Waals surface area contributed by atoms with Crippen LogP contribution in [0, 0.1) is 13.8 Å². The van der Waals surface area contributed by atoms with Gasteiger partial charge in [-0.1, -0.05) is 59.7 Å². The van der Waals surface area contributed by atoms with Gasteiger partial charge < -0.3 is 15.4 Å². The number of anilines is 1. The van der Waals surface area contributed by atoms with Crippen LogP contribution in [-0.2, 0) is 10.3 Å². The number of rotatable bonds is 11. The first-order valence-electron chi connectivity index (χ1n) is 11.5. The van der Waals surface area contributed by atoms with Gasteiger partial charge in [0.15, 0.2) is 0 Å². The highest BCUT2D eigenvalue weighted by Gasteiger charge is 2.42. The maximum Gasteiger partial charge on any atom is 0.225 e. The van der Waals surface area contributed by atoms with Crippen molar-refractivity contribution in [1.29, 1.82) is 0 Å². The van der Waals surface area contributed by atoms with Crippen molar-refractivity contribution in [1.82, 2.24) is 10.2 Å². The molecule has 5 nitrogen and oxygen atoms in total. The molecule has 2 aromatic carbocycles. The van der Waals surface area contributed by atoms with Crippen molar-refractivity contribution in [2.24, 2.45) is 0 Å². The molecular formula is C26H36IN3O2. The monoisotopic (exact) mass is 549 g/mol. The number of carbonyl (C=O) groups excluding carboxylic acids is 1. The molecule has 1 fully saturated rings. The van der Waals surface area contributed by atoms with Gasteiger partial charge in [0.05, 0.1) is 17.2 Å². The minimum absolute atomic E-state index is 0.0378. The molecule has 0 aromatic heterocycles. The number of aryl methyl sites for hydroxylation is 2. The maximum atomic E-state index is 12.3. The zero-order valence-corrected chi connectivity index (χ0v) is 21.7. The lowest BCUT2D eigenvalue weighted by Crippen LogP contribution is -2.46. The van der Waals surface area contributed by atoms with Gasteiger partial charge >= 0.3 is 0 Å². The molecule has 0 bridgehead atoms. The van der Waals surface area contributed by atoms with Crippen LogP contribution in [0.5, 0.6) is 5.75 Å². The Hall–Kier alpha value is -1.64. The summed E-state index contributed by atoms with van der Waals surface area (Å²) in [6, 6.07) is 14.5. The van der Waals surface area contributed by atoms with Gasteiger partial charge in [0, 0.05) is 37.3 Å². The highest BCUT2D eigenvalue weighted by molar-refractivity contribution is 14.1. The molecule has 32 heavy (non-hydrogen) atoms. The van der Waals surface area contributed by atoms with E-state index < -0.39 is 0 Å². The van der Waals surface area contributed by atoms with Crippen LogP contribution in [0.25, 0.3) is 0 Å². The van der Waals surface area contributed by atoms with Crippen molar-refractivity contribution >= 4 is 34.2 Å². The number of nitrogens with one attached hydrogen (secondary N) is 2. The zero-order valence-electron chi connectivity index (χ0n) is 19.5. The van der Waals surface area contributed by atoms with Gasteiger partial charge in [0.25, 0.3) is 0 Å².